The molecule has 1 aromatic carbocycles. The second kappa shape index (κ2) is 6.36. The minimum absolute atomic E-state index is 0.449. The minimum Gasteiger partial charge on any atom is -0.493 e. The van der Waals surface area contributed by atoms with E-state index in [1.165, 1.54) is 19.2 Å². The molecular formula is C16H22N4O2. The predicted octanol–water partition coefficient (Wildman–Crippen LogP) is 1.94. The zero-order chi connectivity index (χ0) is 15.5. The first-order valence-electron chi connectivity index (χ1n) is 7.57. The van der Waals surface area contributed by atoms with Gasteiger partial charge >= 0.3 is 0 Å². The molecule has 0 aliphatic carbocycles. The van der Waals surface area contributed by atoms with E-state index >= 15 is 0 Å². The van der Waals surface area contributed by atoms with Crippen molar-refractivity contribution in [2.45, 2.75) is 12.8 Å². The van der Waals surface area contributed by atoms with Gasteiger partial charge in [0.25, 0.3) is 0 Å². The summed E-state index contributed by atoms with van der Waals surface area (Å²) in [5, 5.41) is 0.783. The van der Waals surface area contributed by atoms with Crippen molar-refractivity contribution in [3.05, 3.63) is 18.5 Å². The molecule has 0 amide bonds. The smallest absolute Gasteiger partial charge is 0.163 e. The molecule has 0 unspecified atom stereocenters. The van der Waals surface area contributed by atoms with Crippen molar-refractivity contribution in [1.29, 1.82) is 0 Å². The number of likely N-dealkylation sites (tertiary alicyclic amines) is 1. The highest BCUT2D eigenvalue weighted by atomic mass is 16.5. The second-order valence-electron chi connectivity index (χ2n) is 5.84. The lowest BCUT2D eigenvalue weighted by atomic mass is 9.98. The highest BCUT2D eigenvalue weighted by molar-refractivity contribution is 5.90. The molecule has 1 aromatic heterocycles. The first kappa shape index (κ1) is 14.8. The number of fused-ring (bicyclic) bond motifs is 1. The maximum absolute atomic E-state index is 6.01. The van der Waals surface area contributed by atoms with Crippen molar-refractivity contribution in [2.24, 2.45) is 5.92 Å². The van der Waals surface area contributed by atoms with E-state index in [2.05, 4.69) is 21.9 Å². The van der Waals surface area contributed by atoms with Gasteiger partial charge in [-0.15, -0.1) is 0 Å². The molecule has 6 heteroatoms. The normalized spacial score (nSPS) is 16.8. The van der Waals surface area contributed by atoms with E-state index in [0.717, 1.165) is 24.0 Å². The van der Waals surface area contributed by atoms with Crippen LogP contribution in [0.1, 0.15) is 12.8 Å². The molecule has 22 heavy (non-hydrogen) atoms. The molecule has 0 spiro atoms. The number of benzene rings is 1. The van der Waals surface area contributed by atoms with Crippen LogP contribution in [0.2, 0.25) is 0 Å². The van der Waals surface area contributed by atoms with Crippen LogP contribution < -0.4 is 15.2 Å². The fraction of sp³-hybridized carbons (Fsp3) is 0.500. The molecule has 0 atom stereocenters. The number of nitrogen functional groups attached to an aromatic ring is 1. The average molecular weight is 302 g/mol. The van der Waals surface area contributed by atoms with Gasteiger partial charge in [0.05, 0.1) is 19.2 Å². The number of piperidine rings is 1. The van der Waals surface area contributed by atoms with Crippen LogP contribution >= 0.6 is 0 Å². The standard InChI is InChI=1S/C16H22N4O2/c1-20-5-3-11(4-6-20)9-22-15-8-13-12(7-14(15)21-2)16(17)19-10-18-13/h7-8,10-11H,3-6,9H2,1-2H3,(H2,17,18,19). The maximum Gasteiger partial charge on any atom is 0.163 e. The third kappa shape index (κ3) is 3.06. The average Bonchev–Trinajstić information content (AvgIpc) is 2.54. The van der Waals surface area contributed by atoms with Crippen LogP contribution in [-0.4, -0.2) is 48.7 Å². The summed E-state index contributed by atoms with van der Waals surface area (Å²) in [6.07, 6.45) is 3.80. The molecule has 2 heterocycles. The van der Waals surface area contributed by atoms with Crippen molar-refractivity contribution in [1.82, 2.24) is 14.9 Å². The van der Waals surface area contributed by atoms with Crippen LogP contribution in [0.15, 0.2) is 18.5 Å². The summed E-state index contributed by atoms with van der Waals surface area (Å²) in [5.74, 6) is 2.42. The number of hydrogen-bond donors (Lipinski definition) is 1. The molecule has 2 N–H and O–H groups in total. The van der Waals surface area contributed by atoms with Gasteiger partial charge in [-0.3, -0.25) is 0 Å². The lowest BCUT2D eigenvalue weighted by molar-refractivity contribution is 0.157. The van der Waals surface area contributed by atoms with E-state index < -0.39 is 0 Å². The number of aromatic nitrogens is 2. The summed E-state index contributed by atoms with van der Waals surface area (Å²) in [6, 6.07) is 3.72. The van der Waals surface area contributed by atoms with Crippen LogP contribution in [0, 0.1) is 5.92 Å². The lowest BCUT2D eigenvalue weighted by Gasteiger charge is -2.28. The van der Waals surface area contributed by atoms with E-state index in [9.17, 15) is 0 Å². The number of hydrogen-bond acceptors (Lipinski definition) is 6. The fourth-order valence-electron chi connectivity index (χ4n) is 2.79. The Labute approximate surface area is 130 Å². The molecule has 118 valence electrons. The Morgan fingerprint density at radius 2 is 2.00 bits per heavy atom. The number of methoxy groups -OCH3 is 1. The molecule has 6 nitrogen and oxygen atoms in total. The third-order valence-corrected chi connectivity index (χ3v) is 4.26. The lowest BCUT2D eigenvalue weighted by Crippen LogP contribution is -2.32. The second-order valence-corrected chi connectivity index (χ2v) is 5.84. The molecular weight excluding hydrogens is 280 g/mol. The fourth-order valence-corrected chi connectivity index (χ4v) is 2.79. The summed E-state index contributed by atoms with van der Waals surface area (Å²) in [6.45, 7) is 2.97. The number of rotatable bonds is 4. The van der Waals surface area contributed by atoms with Gasteiger partial charge in [0.2, 0.25) is 0 Å². The summed E-state index contributed by atoms with van der Waals surface area (Å²) in [5.41, 5.74) is 6.65. The molecule has 1 aliphatic rings. The van der Waals surface area contributed by atoms with Crippen LogP contribution in [0.5, 0.6) is 11.5 Å². The Balaban J connectivity index is 1.78. The molecule has 0 radical (unpaired) electrons. The summed E-state index contributed by atoms with van der Waals surface area (Å²) in [4.78, 5) is 10.6. The SMILES string of the molecule is COc1cc2c(N)ncnc2cc1OCC1CCN(C)CC1. The number of nitrogens with zero attached hydrogens (tertiary/aromatic N) is 3. The van der Waals surface area contributed by atoms with Crippen LogP contribution in [0.4, 0.5) is 5.82 Å². The van der Waals surface area contributed by atoms with Crippen molar-refractivity contribution >= 4 is 16.7 Å². The van der Waals surface area contributed by atoms with Gasteiger partial charge in [-0.2, -0.15) is 0 Å². The topological polar surface area (TPSA) is 73.5 Å². The van der Waals surface area contributed by atoms with Crippen LogP contribution in [0.25, 0.3) is 10.9 Å². The maximum atomic E-state index is 6.01. The van der Waals surface area contributed by atoms with Crippen LogP contribution in [0.3, 0.4) is 0 Å². The minimum atomic E-state index is 0.449. The molecule has 0 bridgehead atoms. The summed E-state index contributed by atoms with van der Waals surface area (Å²) < 4.78 is 11.4. The zero-order valence-electron chi connectivity index (χ0n) is 13.1. The summed E-state index contributed by atoms with van der Waals surface area (Å²) in [7, 11) is 3.79. The highest BCUT2D eigenvalue weighted by Crippen LogP contribution is 2.33. The molecule has 1 fully saturated rings. The van der Waals surface area contributed by atoms with Crippen molar-refractivity contribution in [2.75, 3.05) is 39.6 Å². The molecule has 1 aliphatic heterocycles. The molecule has 0 saturated carbocycles. The zero-order valence-corrected chi connectivity index (χ0v) is 13.1. The Hall–Kier alpha value is -2.08. The van der Waals surface area contributed by atoms with E-state index in [-0.39, 0.29) is 0 Å². The molecule has 2 aromatic rings. The van der Waals surface area contributed by atoms with Gasteiger partial charge in [-0.1, -0.05) is 0 Å². The predicted molar refractivity (Wildman–Crippen MR) is 86.2 cm³/mol. The monoisotopic (exact) mass is 302 g/mol. The molecule has 3 rings (SSSR count). The molecule has 1 saturated heterocycles. The van der Waals surface area contributed by atoms with Gasteiger partial charge < -0.3 is 20.1 Å². The summed E-state index contributed by atoms with van der Waals surface area (Å²) >= 11 is 0. The number of ether oxygens (including phenoxy) is 2. The Morgan fingerprint density at radius 3 is 2.73 bits per heavy atom. The van der Waals surface area contributed by atoms with E-state index in [1.807, 2.05) is 12.1 Å². The van der Waals surface area contributed by atoms with Crippen LogP contribution in [-0.2, 0) is 0 Å². The number of nitrogens with two attached hydrogens (primary N) is 1. The van der Waals surface area contributed by atoms with Gasteiger partial charge in [-0.25, -0.2) is 9.97 Å². The number of anilines is 1. The van der Waals surface area contributed by atoms with Crippen molar-refractivity contribution in [3.8, 4) is 11.5 Å². The van der Waals surface area contributed by atoms with E-state index in [0.29, 0.717) is 29.8 Å². The van der Waals surface area contributed by atoms with E-state index in [4.69, 9.17) is 15.2 Å². The van der Waals surface area contributed by atoms with Gasteiger partial charge in [0, 0.05) is 11.5 Å². The van der Waals surface area contributed by atoms with Crippen molar-refractivity contribution in [3.63, 3.8) is 0 Å². The van der Waals surface area contributed by atoms with E-state index in [1.54, 1.807) is 7.11 Å². The van der Waals surface area contributed by atoms with Gasteiger partial charge in [0.15, 0.2) is 11.5 Å². The largest absolute Gasteiger partial charge is 0.493 e. The highest BCUT2D eigenvalue weighted by Gasteiger charge is 2.18. The first-order chi connectivity index (χ1) is 10.7. The third-order valence-electron chi connectivity index (χ3n) is 4.26. The quantitative estimate of drug-likeness (QED) is 0.930. The Kier molecular flexibility index (Phi) is 4.29. The van der Waals surface area contributed by atoms with Crippen molar-refractivity contribution < 1.29 is 9.47 Å². The van der Waals surface area contributed by atoms with Gasteiger partial charge in [-0.05, 0) is 45.0 Å². The Bertz CT molecular complexity index is 654. The Morgan fingerprint density at radius 1 is 1.23 bits per heavy atom. The first-order valence-corrected chi connectivity index (χ1v) is 7.57. The van der Waals surface area contributed by atoms with Gasteiger partial charge in [0.1, 0.15) is 12.1 Å².